The van der Waals surface area contributed by atoms with Crippen molar-refractivity contribution >= 4 is 29.9 Å². The smallest absolute Gasteiger partial charge is 0.191 e. The molecule has 0 aliphatic carbocycles. The Hall–Kier alpha value is -1.06. The number of hydrogen-bond acceptors (Lipinski definition) is 4. The van der Waals surface area contributed by atoms with E-state index in [1.807, 2.05) is 30.3 Å². The van der Waals surface area contributed by atoms with Gasteiger partial charge in [-0.1, -0.05) is 25.1 Å². The van der Waals surface area contributed by atoms with Crippen LogP contribution in [-0.4, -0.2) is 81.3 Å². The second-order valence-corrected chi connectivity index (χ2v) is 6.12. The summed E-state index contributed by atoms with van der Waals surface area (Å²) < 4.78 is 5.70. The molecule has 1 fully saturated rings. The van der Waals surface area contributed by atoms with Crippen molar-refractivity contribution in [2.75, 3.05) is 65.5 Å². The van der Waals surface area contributed by atoms with Gasteiger partial charge in [0.1, 0.15) is 12.4 Å². The van der Waals surface area contributed by atoms with E-state index >= 15 is 0 Å². The summed E-state index contributed by atoms with van der Waals surface area (Å²) in [6.45, 7) is 14.2. The molecule has 0 radical (unpaired) electrons. The third kappa shape index (κ3) is 9.05. The lowest BCUT2D eigenvalue weighted by Gasteiger charge is -2.33. The molecule has 0 bridgehead atoms. The molecule has 7 heteroatoms. The largest absolute Gasteiger partial charge is 0.492 e. The van der Waals surface area contributed by atoms with Crippen LogP contribution in [0.25, 0.3) is 0 Å². The van der Waals surface area contributed by atoms with Gasteiger partial charge in [-0.25, -0.2) is 0 Å². The third-order valence-corrected chi connectivity index (χ3v) is 4.35. The van der Waals surface area contributed by atoms with E-state index in [2.05, 4.69) is 39.3 Å². The van der Waals surface area contributed by atoms with Crippen molar-refractivity contribution in [3.05, 3.63) is 30.3 Å². The Kier molecular flexibility index (Phi) is 12.4. The van der Waals surface area contributed by atoms with E-state index in [4.69, 9.17) is 4.74 Å². The number of likely N-dealkylation sites (N-methyl/N-ethyl adjacent to an activating group) is 1. The maximum atomic E-state index is 5.70. The molecule has 2 N–H and O–H groups in total. The minimum atomic E-state index is 0. The molecule has 1 aromatic carbocycles. The highest BCUT2D eigenvalue weighted by Crippen LogP contribution is 2.07. The highest BCUT2D eigenvalue weighted by atomic mass is 127. The average Bonchev–Trinajstić information content (AvgIpc) is 2.66. The first-order chi connectivity index (χ1) is 12.3. The average molecular weight is 475 g/mol. The molecule has 0 amide bonds. The summed E-state index contributed by atoms with van der Waals surface area (Å²) in [7, 11) is 0. The van der Waals surface area contributed by atoms with Gasteiger partial charge in [0.15, 0.2) is 5.96 Å². The van der Waals surface area contributed by atoms with E-state index in [0.29, 0.717) is 6.61 Å². The van der Waals surface area contributed by atoms with Crippen molar-refractivity contribution in [2.45, 2.75) is 13.8 Å². The number of benzene rings is 1. The van der Waals surface area contributed by atoms with E-state index < -0.39 is 0 Å². The molecule has 2 rings (SSSR count). The van der Waals surface area contributed by atoms with Gasteiger partial charge in [-0.2, -0.15) is 0 Å². The Bertz CT molecular complexity index is 492. The number of hydrogen-bond donors (Lipinski definition) is 2. The Morgan fingerprint density at radius 2 is 1.73 bits per heavy atom. The first-order valence-electron chi connectivity index (χ1n) is 9.46. The lowest BCUT2D eigenvalue weighted by atomic mass is 10.3. The summed E-state index contributed by atoms with van der Waals surface area (Å²) in [4.78, 5) is 9.67. The lowest BCUT2D eigenvalue weighted by molar-refractivity contribution is 0.140. The van der Waals surface area contributed by atoms with Gasteiger partial charge in [-0.05, 0) is 25.6 Å². The fraction of sp³-hybridized carbons (Fsp3) is 0.632. The lowest BCUT2D eigenvalue weighted by Crippen LogP contribution is -2.47. The Morgan fingerprint density at radius 3 is 2.38 bits per heavy atom. The van der Waals surface area contributed by atoms with Crippen LogP contribution in [0.3, 0.4) is 0 Å². The second-order valence-electron chi connectivity index (χ2n) is 6.12. The molecule has 0 aromatic heterocycles. The van der Waals surface area contributed by atoms with Gasteiger partial charge in [0, 0.05) is 39.3 Å². The maximum absolute atomic E-state index is 5.70. The summed E-state index contributed by atoms with van der Waals surface area (Å²) in [6, 6.07) is 9.89. The van der Waals surface area contributed by atoms with Crippen LogP contribution in [0.15, 0.2) is 35.3 Å². The zero-order valence-corrected chi connectivity index (χ0v) is 18.4. The second kappa shape index (κ2) is 14.1. The summed E-state index contributed by atoms with van der Waals surface area (Å²) in [5.74, 6) is 1.77. The van der Waals surface area contributed by atoms with Crippen molar-refractivity contribution in [1.82, 2.24) is 20.4 Å². The monoisotopic (exact) mass is 475 g/mol. The standard InChI is InChI=1S/C19H33N5O.HI/c1-3-20-19(22-11-17-25-18-8-6-5-7-9-18)21-10-12-24-15-13-23(4-2)14-16-24;/h5-9H,3-4,10-17H2,1-2H3,(H2,20,21,22);1H. The van der Waals surface area contributed by atoms with Gasteiger partial charge >= 0.3 is 0 Å². The fourth-order valence-electron chi connectivity index (χ4n) is 2.83. The molecule has 1 aliphatic heterocycles. The summed E-state index contributed by atoms with van der Waals surface area (Å²) in [5.41, 5.74) is 0. The van der Waals surface area contributed by atoms with E-state index in [-0.39, 0.29) is 24.0 Å². The number of ether oxygens (including phenoxy) is 1. The molecule has 148 valence electrons. The van der Waals surface area contributed by atoms with E-state index in [0.717, 1.165) is 57.5 Å². The van der Waals surface area contributed by atoms with Crippen LogP contribution in [-0.2, 0) is 0 Å². The van der Waals surface area contributed by atoms with Crippen LogP contribution in [0.2, 0.25) is 0 Å². The van der Waals surface area contributed by atoms with Gasteiger partial charge < -0.3 is 20.3 Å². The molecule has 26 heavy (non-hydrogen) atoms. The van der Waals surface area contributed by atoms with E-state index in [1.54, 1.807) is 0 Å². The number of aliphatic imine (C=N–C) groups is 1. The van der Waals surface area contributed by atoms with Crippen molar-refractivity contribution in [3.8, 4) is 5.75 Å². The zero-order valence-electron chi connectivity index (χ0n) is 16.1. The van der Waals surface area contributed by atoms with Crippen LogP contribution >= 0.6 is 24.0 Å². The van der Waals surface area contributed by atoms with Crippen molar-refractivity contribution in [3.63, 3.8) is 0 Å². The number of nitrogens with zero attached hydrogens (tertiary/aromatic N) is 3. The summed E-state index contributed by atoms with van der Waals surface area (Å²) in [6.07, 6.45) is 0. The molecule has 1 heterocycles. The SMILES string of the molecule is CCNC(=NCCN1CCN(CC)CC1)NCCOc1ccccc1.I. The first-order valence-corrected chi connectivity index (χ1v) is 9.46. The highest BCUT2D eigenvalue weighted by Gasteiger charge is 2.14. The molecular weight excluding hydrogens is 441 g/mol. The van der Waals surface area contributed by atoms with Crippen LogP contribution in [0.5, 0.6) is 5.75 Å². The van der Waals surface area contributed by atoms with Gasteiger partial charge in [-0.3, -0.25) is 9.89 Å². The quantitative estimate of drug-likeness (QED) is 0.247. The Morgan fingerprint density at radius 1 is 1.04 bits per heavy atom. The van der Waals surface area contributed by atoms with Crippen LogP contribution in [0.4, 0.5) is 0 Å². The van der Waals surface area contributed by atoms with Crippen molar-refractivity contribution < 1.29 is 4.74 Å². The number of piperazine rings is 1. The molecule has 6 nitrogen and oxygen atoms in total. The van der Waals surface area contributed by atoms with Crippen molar-refractivity contribution in [2.24, 2.45) is 4.99 Å². The molecule has 0 saturated carbocycles. The molecule has 1 aromatic rings. The Labute approximate surface area is 175 Å². The third-order valence-electron chi connectivity index (χ3n) is 4.35. The van der Waals surface area contributed by atoms with Crippen LogP contribution in [0.1, 0.15) is 13.8 Å². The zero-order chi connectivity index (χ0) is 17.7. The predicted molar refractivity (Wildman–Crippen MR) is 120 cm³/mol. The Balaban J connectivity index is 0.00000338. The molecular formula is C19H34IN5O. The molecule has 0 unspecified atom stereocenters. The normalized spacial score (nSPS) is 16.0. The number of rotatable bonds is 9. The molecule has 1 aliphatic rings. The molecule has 0 spiro atoms. The van der Waals surface area contributed by atoms with Crippen LogP contribution in [0, 0.1) is 0 Å². The number of halogens is 1. The van der Waals surface area contributed by atoms with Crippen molar-refractivity contribution in [1.29, 1.82) is 0 Å². The highest BCUT2D eigenvalue weighted by molar-refractivity contribution is 14.0. The summed E-state index contributed by atoms with van der Waals surface area (Å²) >= 11 is 0. The van der Waals surface area contributed by atoms with Gasteiger partial charge in [0.05, 0.1) is 13.1 Å². The van der Waals surface area contributed by atoms with E-state index in [9.17, 15) is 0 Å². The number of guanidine groups is 1. The topological polar surface area (TPSA) is 52.1 Å². The fourth-order valence-corrected chi connectivity index (χ4v) is 2.83. The number of para-hydroxylation sites is 1. The molecule has 0 atom stereocenters. The number of nitrogens with one attached hydrogen (secondary N) is 2. The molecule has 1 saturated heterocycles. The first kappa shape index (κ1) is 23.0. The van der Waals surface area contributed by atoms with Gasteiger partial charge in [-0.15, -0.1) is 24.0 Å². The summed E-state index contributed by atoms with van der Waals surface area (Å²) in [5, 5.41) is 6.62. The van der Waals surface area contributed by atoms with Gasteiger partial charge in [0.2, 0.25) is 0 Å². The minimum absolute atomic E-state index is 0. The maximum Gasteiger partial charge on any atom is 0.191 e. The minimum Gasteiger partial charge on any atom is -0.492 e. The van der Waals surface area contributed by atoms with Gasteiger partial charge in [0.25, 0.3) is 0 Å². The van der Waals surface area contributed by atoms with Crippen LogP contribution < -0.4 is 15.4 Å². The predicted octanol–water partition coefficient (Wildman–Crippen LogP) is 1.88. The van der Waals surface area contributed by atoms with E-state index in [1.165, 1.54) is 13.1 Å².